The molecule has 0 bridgehead atoms. The second-order valence-electron chi connectivity index (χ2n) is 7.93. The minimum Gasteiger partial charge on any atom is -0.309 e. The number of hydrogen-bond donors (Lipinski definition) is 1. The van der Waals surface area contributed by atoms with Crippen molar-refractivity contribution in [2.45, 2.75) is 38.8 Å². The maximum absolute atomic E-state index is 14.3. The first-order valence-electron chi connectivity index (χ1n) is 9.56. The second kappa shape index (κ2) is 6.33. The van der Waals surface area contributed by atoms with E-state index in [9.17, 15) is 9.18 Å². The van der Waals surface area contributed by atoms with Gasteiger partial charge in [-0.05, 0) is 44.9 Å². The SMILES string of the molecule is CC(C)(F)c1ccc2nnc(Cc3ccc4nc(NC(=O)C5CC5)cn4n3)n2c1. The summed E-state index contributed by atoms with van der Waals surface area (Å²) >= 11 is 0. The average Bonchev–Trinajstić information content (AvgIpc) is 3.35. The van der Waals surface area contributed by atoms with Crippen LogP contribution in [-0.2, 0) is 16.9 Å². The van der Waals surface area contributed by atoms with Gasteiger partial charge in [-0.25, -0.2) is 13.9 Å². The predicted molar refractivity (Wildman–Crippen MR) is 104 cm³/mol. The van der Waals surface area contributed by atoms with Crippen LogP contribution in [0.5, 0.6) is 0 Å². The Kier molecular flexibility index (Phi) is 3.87. The number of nitrogens with zero attached hydrogens (tertiary/aromatic N) is 6. The van der Waals surface area contributed by atoms with E-state index >= 15 is 0 Å². The molecule has 4 heterocycles. The molecule has 0 spiro atoms. The van der Waals surface area contributed by atoms with Crippen molar-refractivity contribution in [3.05, 3.63) is 53.7 Å². The van der Waals surface area contributed by atoms with Crippen molar-refractivity contribution < 1.29 is 9.18 Å². The van der Waals surface area contributed by atoms with Crippen LogP contribution < -0.4 is 5.32 Å². The van der Waals surface area contributed by atoms with Gasteiger partial charge in [-0.15, -0.1) is 10.2 Å². The van der Waals surface area contributed by atoms with Gasteiger partial charge < -0.3 is 5.32 Å². The number of amides is 1. The fourth-order valence-corrected chi connectivity index (χ4v) is 3.22. The third-order valence-electron chi connectivity index (χ3n) is 5.07. The number of rotatable bonds is 5. The third kappa shape index (κ3) is 3.43. The van der Waals surface area contributed by atoms with E-state index in [1.165, 1.54) is 13.8 Å². The van der Waals surface area contributed by atoms with Crippen LogP contribution in [0.3, 0.4) is 0 Å². The molecule has 0 aliphatic heterocycles. The molecule has 4 aromatic heterocycles. The Bertz CT molecular complexity index is 1230. The number of alkyl halides is 1. The van der Waals surface area contributed by atoms with E-state index in [4.69, 9.17) is 0 Å². The van der Waals surface area contributed by atoms with E-state index in [-0.39, 0.29) is 11.8 Å². The molecule has 1 fully saturated rings. The molecule has 0 aromatic carbocycles. The molecule has 0 atom stereocenters. The summed E-state index contributed by atoms with van der Waals surface area (Å²) in [6.07, 6.45) is 5.73. The topological polar surface area (TPSA) is 89.5 Å². The summed E-state index contributed by atoms with van der Waals surface area (Å²) in [5.74, 6) is 1.29. The monoisotopic (exact) mass is 393 g/mol. The maximum atomic E-state index is 14.3. The first kappa shape index (κ1) is 17.7. The van der Waals surface area contributed by atoms with Crippen LogP contribution in [0, 0.1) is 5.92 Å². The highest BCUT2D eigenvalue weighted by Crippen LogP contribution is 2.30. The molecule has 8 nitrogen and oxygen atoms in total. The van der Waals surface area contributed by atoms with Crippen molar-refractivity contribution in [3.63, 3.8) is 0 Å². The van der Waals surface area contributed by atoms with Crippen LogP contribution in [0.4, 0.5) is 10.2 Å². The van der Waals surface area contributed by atoms with Crippen molar-refractivity contribution in [1.82, 2.24) is 29.2 Å². The lowest BCUT2D eigenvalue weighted by atomic mass is 10.0. The normalized spacial score (nSPS) is 14.6. The Morgan fingerprint density at radius 2 is 1.97 bits per heavy atom. The van der Waals surface area contributed by atoms with E-state index < -0.39 is 5.67 Å². The summed E-state index contributed by atoms with van der Waals surface area (Å²) in [6.45, 7) is 3.04. The van der Waals surface area contributed by atoms with E-state index in [0.29, 0.717) is 34.9 Å². The smallest absolute Gasteiger partial charge is 0.228 e. The molecule has 1 aliphatic rings. The molecule has 148 valence electrons. The number of hydrogen-bond acceptors (Lipinski definition) is 5. The second-order valence-corrected chi connectivity index (χ2v) is 7.93. The van der Waals surface area contributed by atoms with Gasteiger partial charge in [0.15, 0.2) is 17.1 Å². The largest absolute Gasteiger partial charge is 0.309 e. The molecule has 1 N–H and O–H groups in total. The summed E-state index contributed by atoms with van der Waals surface area (Å²) in [5.41, 5.74) is 1.16. The van der Waals surface area contributed by atoms with Gasteiger partial charge in [0.05, 0.1) is 18.3 Å². The zero-order valence-electron chi connectivity index (χ0n) is 16.1. The van der Waals surface area contributed by atoms with Gasteiger partial charge in [-0.2, -0.15) is 5.10 Å². The first-order valence-corrected chi connectivity index (χ1v) is 9.56. The standard InChI is InChI=1S/C20H20FN7O/c1-20(2,21)13-5-7-17-24-25-18(27(17)10-13)9-14-6-8-16-22-15(11-28(16)26-14)23-19(29)12-3-4-12/h5-8,10-12H,3-4,9H2,1-2H3,(H,23,29). The summed E-state index contributed by atoms with van der Waals surface area (Å²) in [5, 5.41) is 15.8. The fraction of sp³-hybridized carbons (Fsp3) is 0.350. The zero-order valence-corrected chi connectivity index (χ0v) is 16.1. The number of nitrogens with one attached hydrogen (secondary N) is 1. The predicted octanol–water partition coefficient (Wildman–Crippen LogP) is 2.92. The third-order valence-corrected chi connectivity index (χ3v) is 5.07. The molecule has 1 aliphatic carbocycles. The van der Waals surface area contributed by atoms with Gasteiger partial charge in [0.2, 0.25) is 5.91 Å². The van der Waals surface area contributed by atoms with Crippen LogP contribution in [0.1, 0.15) is 43.8 Å². The lowest BCUT2D eigenvalue weighted by molar-refractivity contribution is -0.117. The van der Waals surface area contributed by atoms with Crippen molar-refractivity contribution in [1.29, 1.82) is 0 Å². The van der Waals surface area contributed by atoms with Crippen molar-refractivity contribution in [2.24, 2.45) is 5.92 Å². The first-order chi connectivity index (χ1) is 13.9. The quantitative estimate of drug-likeness (QED) is 0.563. The minimum absolute atomic E-state index is 0.00940. The Balaban J connectivity index is 1.43. The number of halogens is 1. The Labute approximate surface area is 165 Å². The number of aromatic nitrogens is 6. The zero-order chi connectivity index (χ0) is 20.2. The van der Waals surface area contributed by atoms with Crippen molar-refractivity contribution in [3.8, 4) is 0 Å². The molecule has 0 saturated heterocycles. The highest BCUT2D eigenvalue weighted by atomic mass is 19.1. The number of pyridine rings is 1. The van der Waals surface area contributed by atoms with Crippen LogP contribution in [0.25, 0.3) is 11.3 Å². The maximum Gasteiger partial charge on any atom is 0.228 e. The van der Waals surface area contributed by atoms with Gasteiger partial charge in [-0.3, -0.25) is 9.20 Å². The van der Waals surface area contributed by atoms with Gasteiger partial charge in [0.25, 0.3) is 0 Å². The van der Waals surface area contributed by atoms with Crippen LogP contribution >= 0.6 is 0 Å². The van der Waals surface area contributed by atoms with E-state index in [1.54, 1.807) is 33.4 Å². The lowest BCUT2D eigenvalue weighted by Gasteiger charge is -2.14. The number of fused-ring (bicyclic) bond motifs is 2. The summed E-state index contributed by atoms with van der Waals surface area (Å²) in [6, 6.07) is 7.18. The van der Waals surface area contributed by atoms with Gasteiger partial charge in [0.1, 0.15) is 11.5 Å². The van der Waals surface area contributed by atoms with Gasteiger partial charge in [0, 0.05) is 17.7 Å². The lowest BCUT2D eigenvalue weighted by Crippen LogP contribution is -2.13. The minimum atomic E-state index is -1.45. The Morgan fingerprint density at radius 3 is 2.72 bits per heavy atom. The number of imidazole rings is 1. The molecule has 4 aromatic rings. The molecule has 1 amide bonds. The highest BCUT2D eigenvalue weighted by Gasteiger charge is 2.30. The fourth-order valence-electron chi connectivity index (χ4n) is 3.22. The number of anilines is 1. The highest BCUT2D eigenvalue weighted by molar-refractivity contribution is 5.93. The molecule has 0 radical (unpaired) electrons. The van der Waals surface area contributed by atoms with Gasteiger partial charge in [-0.1, -0.05) is 6.07 Å². The molecule has 9 heteroatoms. The Morgan fingerprint density at radius 1 is 1.17 bits per heavy atom. The molecular weight excluding hydrogens is 373 g/mol. The molecule has 1 saturated carbocycles. The summed E-state index contributed by atoms with van der Waals surface area (Å²) in [7, 11) is 0. The summed E-state index contributed by atoms with van der Waals surface area (Å²) < 4.78 is 17.8. The molecular formula is C20H20FN7O. The van der Waals surface area contributed by atoms with Crippen LogP contribution in [-0.4, -0.2) is 35.1 Å². The number of carbonyl (C=O) groups excluding carboxylic acids is 1. The average molecular weight is 393 g/mol. The molecule has 5 rings (SSSR count). The Hall–Kier alpha value is -3.36. The van der Waals surface area contributed by atoms with Gasteiger partial charge >= 0.3 is 0 Å². The summed E-state index contributed by atoms with van der Waals surface area (Å²) in [4.78, 5) is 16.3. The van der Waals surface area contributed by atoms with Crippen LogP contribution in [0.2, 0.25) is 0 Å². The van der Waals surface area contributed by atoms with E-state index in [2.05, 4.69) is 25.6 Å². The van der Waals surface area contributed by atoms with Crippen molar-refractivity contribution in [2.75, 3.05) is 5.32 Å². The molecule has 0 unspecified atom stereocenters. The molecule has 29 heavy (non-hydrogen) atoms. The van der Waals surface area contributed by atoms with Crippen molar-refractivity contribution >= 4 is 23.0 Å². The van der Waals surface area contributed by atoms with Crippen LogP contribution in [0.15, 0.2) is 36.7 Å². The van der Waals surface area contributed by atoms with E-state index in [1.807, 2.05) is 12.1 Å². The number of carbonyl (C=O) groups is 1. The van der Waals surface area contributed by atoms with E-state index in [0.717, 1.165) is 18.5 Å².